The number of benzene rings is 9. The maximum absolute atomic E-state index is 2.52. The van der Waals surface area contributed by atoms with Gasteiger partial charge in [-0.05, 0) is 116 Å². The summed E-state index contributed by atoms with van der Waals surface area (Å²) in [4.78, 5) is 0. The Labute approximate surface area is 317 Å². The highest BCUT2D eigenvalue weighted by Crippen LogP contribution is 2.59. The number of hydrogen-bond acceptors (Lipinski definition) is 0. The molecule has 0 fully saturated rings. The Hall–Kier alpha value is -6.24. The molecule has 0 radical (unpaired) electrons. The Bertz CT molecular complexity index is 2970. The molecular formula is C54H40. The van der Waals surface area contributed by atoms with Crippen molar-refractivity contribution in [2.75, 3.05) is 0 Å². The lowest BCUT2D eigenvalue weighted by Gasteiger charge is -2.26. The monoisotopic (exact) mass is 688 g/mol. The average molecular weight is 689 g/mol. The van der Waals surface area contributed by atoms with Gasteiger partial charge in [0.25, 0.3) is 0 Å². The van der Waals surface area contributed by atoms with Crippen molar-refractivity contribution in [2.24, 2.45) is 0 Å². The minimum atomic E-state index is -0.133. The standard InChI is InChI=1S/C54H40/c1-53(2)47-31-30-44-38-20-14-15-25-46(38)54(3,4)52(44)51(47)45-27-26-34(32-48(45)53)49-39-21-10-12-23-41(39)50(42-24-13-11-22-40(42)49)43-29-28-35(33-16-6-5-7-17-33)36-18-8-9-19-37(36)43/h5-32H,1-4H3. The van der Waals surface area contributed by atoms with E-state index in [1.165, 1.54) is 110 Å². The molecule has 0 amide bonds. The molecule has 0 bridgehead atoms. The van der Waals surface area contributed by atoms with E-state index < -0.39 is 0 Å². The maximum atomic E-state index is 2.52. The van der Waals surface area contributed by atoms with Gasteiger partial charge in [-0.3, -0.25) is 0 Å². The summed E-state index contributed by atoms with van der Waals surface area (Å²) in [5.41, 5.74) is 18.8. The van der Waals surface area contributed by atoms with Crippen LogP contribution >= 0.6 is 0 Å². The molecule has 0 heteroatoms. The molecule has 0 unspecified atom stereocenters. The number of rotatable bonds is 3. The van der Waals surface area contributed by atoms with E-state index >= 15 is 0 Å². The van der Waals surface area contributed by atoms with Crippen LogP contribution in [0.1, 0.15) is 49.9 Å². The Morgan fingerprint density at radius 3 is 1.48 bits per heavy atom. The minimum Gasteiger partial charge on any atom is -0.0622 e. The highest BCUT2D eigenvalue weighted by Gasteiger charge is 2.44. The fourth-order valence-electron chi connectivity index (χ4n) is 10.4. The first kappa shape index (κ1) is 31.3. The second-order valence-corrected chi connectivity index (χ2v) is 16.4. The van der Waals surface area contributed by atoms with Crippen LogP contribution < -0.4 is 0 Å². The van der Waals surface area contributed by atoms with Gasteiger partial charge in [0.05, 0.1) is 0 Å². The Morgan fingerprint density at radius 1 is 0.278 bits per heavy atom. The van der Waals surface area contributed by atoms with E-state index in [-0.39, 0.29) is 10.8 Å². The summed E-state index contributed by atoms with van der Waals surface area (Å²) >= 11 is 0. The molecule has 0 nitrogen and oxygen atoms in total. The highest BCUT2D eigenvalue weighted by atomic mass is 14.5. The van der Waals surface area contributed by atoms with E-state index in [0.29, 0.717) is 0 Å². The molecule has 9 aromatic carbocycles. The lowest BCUT2D eigenvalue weighted by Crippen LogP contribution is -2.18. The predicted octanol–water partition coefficient (Wildman–Crippen LogP) is 14.8. The Morgan fingerprint density at radius 2 is 0.796 bits per heavy atom. The summed E-state index contributed by atoms with van der Waals surface area (Å²) in [6, 6.07) is 63.7. The van der Waals surface area contributed by atoms with Gasteiger partial charge in [-0.15, -0.1) is 0 Å². The van der Waals surface area contributed by atoms with Gasteiger partial charge in [0.1, 0.15) is 0 Å². The van der Waals surface area contributed by atoms with E-state index in [1.807, 2.05) is 0 Å². The molecule has 11 rings (SSSR count). The molecule has 0 atom stereocenters. The molecule has 0 aromatic heterocycles. The van der Waals surface area contributed by atoms with E-state index in [1.54, 1.807) is 0 Å². The normalized spacial score (nSPS) is 14.6. The number of fused-ring (bicyclic) bond motifs is 10. The van der Waals surface area contributed by atoms with Crippen molar-refractivity contribution >= 4 is 32.3 Å². The maximum Gasteiger partial charge on any atom is 0.0165 e. The van der Waals surface area contributed by atoms with Gasteiger partial charge >= 0.3 is 0 Å². The van der Waals surface area contributed by atoms with Crippen LogP contribution in [0.2, 0.25) is 0 Å². The van der Waals surface area contributed by atoms with Crippen molar-refractivity contribution in [3.05, 3.63) is 192 Å². The van der Waals surface area contributed by atoms with Gasteiger partial charge in [0.2, 0.25) is 0 Å². The van der Waals surface area contributed by atoms with Crippen LogP contribution in [0.15, 0.2) is 170 Å². The zero-order chi connectivity index (χ0) is 36.3. The summed E-state index contributed by atoms with van der Waals surface area (Å²) in [7, 11) is 0. The van der Waals surface area contributed by atoms with Gasteiger partial charge in [-0.25, -0.2) is 0 Å². The van der Waals surface area contributed by atoms with Crippen molar-refractivity contribution in [3.8, 4) is 55.6 Å². The summed E-state index contributed by atoms with van der Waals surface area (Å²) in [6.07, 6.45) is 0. The molecule has 54 heavy (non-hydrogen) atoms. The van der Waals surface area contributed by atoms with Crippen LogP contribution in [0.5, 0.6) is 0 Å². The van der Waals surface area contributed by atoms with E-state index in [4.69, 9.17) is 0 Å². The number of hydrogen-bond donors (Lipinski definition) is 0. The molecule has 2 aliphatic carbocycles. The minimum absolute atomic E-state index is 0.0701. The van der Waals surface area contributed by atoms with E-state index in [9.17, 15) is 0 Å². The average Bonchev–Trinajstić information content (AvgIpc) is 3.59. The molecule has 0 heterocycles. The molecular weight excluding hydrogens is 649 g/mol. The fraction of sp³-hybridized carbons (Fsp3) is 0.111. The van der Waals surface area contributed by atoms with Crippen molar-refractivity contribution in [1.29, 1.82) is 0 Å². The van der Waals surface area contributed by atoms with Crippen molar-refractivity contribution in [1.82, 2.24) is 0 Å². The second-order valence-electron chi connectivity index (χ2n) is 16.4. The summed E-state index contributed by atoms with van der Waals surface area (Å²) < 4.78 is 0. The third kappa shape index (κ3) is 4.14. The highest BCUT2D eigenvalue weighted by molar-refractivity contribution is 6.24. The third-order valence-corrected chi connectivity index (χ3v) is 12.9. The smallest absolute Gasteiger partial charge is 0.0165 e. The second kappa shape index (κ2) is 11.1. The first-order valence-electron chi connectivity index (χ1n) is 19.3. The molecule has 0 aliphatic heterocycles. The first-order chi connectivity index (χ1) is 26.3. The fourth-order valence-corrected chi connectivity index (χ4v) is 10.4. The third-order valence-electron chi connectivity index (χ3n) is 12.9. The molecule has 2 aliphatic rings. The zero-order valence-corrected chi connectivity index (χ0v) is 31.2. The van der Waals surface area contributed by atoms with Gasteiger partial charge < -0.3 is 0 Å². The van der Waals surface area contributed by atoms with Crippen molar-refractivity contribution in [2.45, 2.75) is 38.5 Å². The molecule has 0 spiro atoms. The zero-order valence-electron chi connectivity index (χ0n) is 31.2. The van der Waals surface area contributed by atoms with E-state index in [2.05, 4.69) is 198 Å². The van der Waals surface area contributed by atoms with Gasteiger partial charge in [0.15, 0.2) is 0 Å². The lowest BCUT2D eigenvalue weighted by molar-refractivity contribution is 0.647. The first-order valence-corrected chi connectivity index (χ1v) is 19.3. The van der Waals surface area contributed by atoms with Gasteiger partial charge in [0, 0.05) is 10.8 Å². The summed E-state index contributed by atoms with van der Waals surface area (Å²) in [5, 5.41) is 7.68. The quantitative estimate of drug-likeness (QED) is 0.162. The largest absolute Gasteiger partial charge is 0.0622 e. The van der Waals surface area contributed by atoms with Crippen LogP contribution in [0.3, 0.4) is 0 Å². The van der Waals surface area contributed by atoms with Crippen molar-refractivity contribution in [3.63, 3.8) is 0 Å². The molecule has 9 aromatic rings. The lowest BCUT2D eigenvalue weighted by atomic mass is 9.77. The van der Waals surface area contributed by atoms with Crippen molar-refractivity contribution < 1.29 is 0 Å². The van der Waals surface area contributed by atoms with Crippen LogP contribution in [-0.2, 0) is 10.8 Å². The van der Waals surface area contributed by atoms with Crippen LogP contribution in [0.4, 0.5) is 0 Å². The molecule has 256 valence electrons. The van der Waals surface area contributed by atoms with Crippen LogP contribution in [-0.4, -0.2) is 0 Å². The Kier molecular flexibility index (Phi) is 6.46. The molecule has 0 saturated heterocycles. The van der Waals surface area contributed by atoms with Gasteiger partial charge in [-0.1, -0.05) is 191 Å². The van der Waals surface area contributed by atoms with E-state index in [0.717, 1.165) is 0 Å². The van der Waals surface area contributed by atoms with Crippen LogP contribution in [0, 0.1) is 0 Å². The van der Waals surface area contributed by atoms with Crippen LogP contribution in [0.25, 0.3) is 88.0 Å². The molecule has 0 saturated carbocycles. The topological polar surface area (TPSA) is 0 Å². The molecule has 0 N–H and O–H groups in total. The predicted molar refractivity (Wildman–Crippen MR) is 230 cm³/mol. The SMILES string of the molecule is CC1(C)c2cc(-c3c4ccccc4c(-c4ccc(-c5ccccc5)c5ccccc45)c4ccccc34)ccc2-c2c1ccc1c2C(C)(C)c2ccccc2-1. The Balaban J connectivity index is 1.15. The van der Waals surface area contributed by atoms with Gasteiger partial charge in [-0.2, -0.15) is 0 Å². The summed E-state index contributed by atoms with van der Waals surface area (Å²) in [6.45, 7) is 9.67. The summed E-state index contributed by atoms with van der Waals surface area (Å²) in [5.74, 6) is 0.